The number of Topliss-reactive ketones (excluding diaryl/α,β-unsaturated/α-hetero) is 1. The molecule has 0 saturated heterocycles. The van der Waals surface area contributed by atoms with E-state index in [1.54, 1.807) is 0 Å². The molecule has 0 saturated carbocycles. The standard InChI is InChI=1S/C31H26N4O2/c1-2-37-22-14-12-20(13-15-22)28-24(18-32)31-34-30(33)23-10-6-7-11-25(23)35(31)26-16-21(17-27(36)29(26)28)19-8-4-3-5-9-19/h3-15,21,28H,2,16-17H2,1H3,(H2,33,34)/t21-,28-/m1/s1. The van der Waals surface area contributed by atoms with Crippen molar-refractivity contribution >= 4 is 17.3 Å². The van der Waals surface area contributed by atoms with Crippen LogP contribution in [0.15, 0.2) is 107 Å². The second-order valence-electron chi connectivity index (χ2n) is 9.43. The molecule has 0 fully saturated rings. The van der Waals surface area contributed by atoms with Gasteiger partial charge >= 0.3 is 0 Å². The predicted octanol–water partition coefficient (Wildman–Crippen LogP) is 5.54. The van der Waals surface area contributed by atoms with Crippen LogP contribution in [0.3, 0.4) is 0 Å². The van der Waals surface area contributed by atoms with E-state index in [1.165, 1.54) is 0 Å². The van der Waals surface area contributed by atoms with Crippen LogP contribution in [0.2, 0.25) is 0 Å². The Hall–Kier alpha value is -4.63. The molecule has 6 nitrogen and oxygen atoms in total. The molecule has 3 aliphatic rings. The van der Waals surface area contributed by atoms with E-state index in [0.29, 0.717) is 42.3 Å². The third kappa shape index (κ3) is 3.71. The maximum atomic E-state index is 14.0. The Morgan fingerprint density at radius 2 is 1.73 bits per heavy atom. The Balaban J connectivity index is 1.58. The number of carbonyl (C=O) groups is 1. The molecular weight excluding hydrogens is 460 g/mol. The number of amidine groups is 1. The van der Waals surface area contributed by atoms with E-state index < -0.39 is 5.92 Å². The highest BCUT2D eigenvalue weighted by Gasteiger charge is 2.45. The summed E-state index contributed by atoms with van der Waals surface area (Å²) in [6.45, 7) is 2.50. The number of para-hydroxylation sites is 1. The van der Waals surface area contributed by atoms with Gasteiger partial charge in [-0.3, -0.25) is 9.69 Å². The van der Waals surface area contributed by atoms with E-state index in [2.05, 4.69) is 18.2 Å². The molecule has 1 aliphatic carbocycles. The summed E-state index contributed by atoms with van der Waals surface area (Å²) >= 11 is 0. The summed E-state index contributed by atoms with van der Waals surface area (Å²) in [7, 11) is 0. The van der Waals surface area contributed by atoms with Crippen molar-refractivity contribution in [1.82, 2.24) is 0 Å². The third-order valence-corrected chi connectivity index (χ3v) is 7.35. The first kappa shape index (κ1) is 22.8. The van der Waals surface area contributed by atoms with E-state index in [0.717, 1.165) is 33.8 Å². The zero-order valence-electron chi connectivity index (χ0n) is 20.5. The molecule has 0 spiro atoms. The summed E-state index contributed by atoms with van der Waals surface area (Å²) in [5.41, 5.74) is 12.0. The minimum atomic E-state index is -0.520. The van der Waals surface area contributed by atoms with Gasteiger partial charge in [-0.15, -0.1) is 0 Å². The van der Waals surface area contributed by atoms with Gasteiger partial charge in [-0.1, -0.05) is 54.6 Å². The van der Waals surface area contributed by atoms with Gasteiger partial charge in [0.15, 0.2) is 11.6 Å². The normalized spacial score (nSPS) is 20.5. The van der Waals surface area contributed by atoms with E-state index in [1.807, 2.05) is 78.6 Å². The van der Waals surface area contributed by atoms with Gasteiger partial charge in [0, 0.05) is 23.3 Å². The first-order chi connectivity index (χ1) is 18.1. The van der Waals surface area contributed by atoms with Crippen LogP contribution < -0.4 is 15.4 Å². The molecular formula is C31H26N4O2. The van der Waals surface area contributed by atoms with E-state index >= 15 is 0 Å². The molecule has 0 amide bonds. The second-order valence-corrected chi connectivity index (χ2v) is 9.43. The van der Waals surface area contributed by atoms with Crippen molar-refractivity contribution in [1.29, 1.82) is 5.26 Å². The molecule has 2 N–H and O–H groups in total. The zero-order valence-corrected chi connectivity index (χ0v) is 20.5. The summed E-state index contributed by atoms with van der Waals surface area (Å²) in [5, 5.41) is 10.4. The van der Waals surface area contributed by atoms with Crippen LogP contribution >= 0.6 is 0 Å². The number of nitrogens with zero attached hydrogens (tertiary/aromatic N) is 3. The van der Waals surface area contributed by atoms with E-state index in [-0.39, 0.29) is 11.7 Å². The first-order valence-electron chi connectivity index (χ1n) is 12.5. The third-order valence-electron chi connectivity index (χ3n) is 7.35. The van der Waals surface area contributed by atoms with Crippen LogP contribution in [0.5, 0.6) is 5.75 Å². The van der Waals surface area contributed by atoms with Gasteiger partial charge in [0.25, 0.3) is 0 Å². The molecule has 2 aliphatic heterocycles. The number of aliphatic imine (C=N–C) groups is 1. The number of nitrogens with two attached hydrogens (primary N) is 1. The monoisotopic (exact) mass is 486 g/mol. The van der Waals surface area contributed by atoms with Gasteiger partial charge in [0.1, 0.15) is 11.6 Å². The van der Waals surface area contributed by atoms with Gasteiger partial charge in [-0.25, -0.2) is 4.99 Å². The number of ketones is 1. The van der Waals surface area contributed by atoms with Crippen molar-refractivity contribution in [2.45, 2.75) is 31.6 Å². The van der Waals surface area contributed by atoms with Crippen LogP contribution in [0, 0.1) is 11.3 Å². The number of nitriles is 1. The summed E-state index contributed by atoms with van der Waals surface area (Å²) in [6, 6.07) is 28.0. The number of anilines is 1. The molecule has 2 atom stereocenters. The molecule has 182 valence electrons. The lowest BCUT2D eigenvalue weighted by Crippen LogP contribution is -2.40. The Morgan fingerprint density at radius 3 is 2.46 bits per heavy atom. The largest absolute Gasteiger partial charge is 0.494 e. The molecule has 37 heavy (non-hydrogen) atoms. The van der Waals surface area contributed by atoms with Crippen molar-refractivity contribution in [3.8, 4) is 11.8 Å². The summed E-state index contributed by atoms with van der Waals surface area (Å²) in [4.78, 5) is 20.7. The Bertz CT molecular complexity index is 1530. The maximum Gasteiger partial charge on any atom is 0.162 e. The first-order valence-corrected chi connectivity index (χ1v) is 12.5. The highest BCUT2D eigenvalue weighted by molar-refractivity contribution is 6.08. The number of rotatable bonds is 4. The van der Waals surface area contributed by atoms with Crippen LogP contribution in [-0.2, 0) is 4.79 Å². The number of fused-ring (bicyclic) bond motifs is 4. The summed E-state index contributed by atoms with van der Waals surface area (Å²) in [6.07, 6.45) is 1.05. The Morgan fingerprint density at radius 1 is 1.00 bits per heavy atom. The summed E-state index contributed by atoms with van der Waals surface area (Å²) in [5.74, 6) is 1.18. The van der Waals surface area contributed by atoms with Crippen LogP contribution in [0.4, 0.5) is 5.69 Å². The average Bonchev–Trinajstić information content (AvgIpc) is 2.93. The van der Waals surface area contributed by atoms with E-state index in [4.69, 9.17) is 15.5 Å². The fraction of sp³-hybridized carbons (Fsp3) is 0.194. The highest BCUT2D eigenvalue weighted by Crippen LogP contribution is 2.51. The highest BCUT2D eigenvalue weighted by atomic mass is 16.5. The van der Waals surface area contributed by atoms with Gasteiger partial charge in [-0.2, -0.15) is 5.26 Å². The summed E-state index contributed by atoms with van der Waals surface area (Å²) < 4.78 is 5.63. The molecule has 3 aromatic carbocycles. The Kier molecular flexibility index (Phi) is 5.61. The maximum absolute atomic E-state index is 14.0. The Labute approximate surface area is 216 Å². The molecule has 2 heterocycles. The van der Waals surface area contributed by atoms with Gasteiger partial charge in [-0.05, 0) is 54.7 Å². The fourth-order valence-electron chi connectivity index (χ4n) is 5.73. The van der Waals surface area contributed by atoms with Gasteiger partial charge in [0.05, 0.1) is 29.9 Å². The second kappa shape index (κ2) is 9.11. The minimum absolute atomic E-state index is 0.0359. The van der Waals surface area contributed by atoms with Crippen LogP contribution in [0.25, 0.3) is 0 Å². The molecule has 3 aromatic rings. The fourth-order valence-corrected chi connectivity index (χ4v) is 5.73. The number of hydrogen-bond donors (Lipinski definition) is 1. The van der Waals surface area contributed by atoms with Crippen LogP contribution in [0.1, 0.15) is 48.3 Å². The van der Waals surface area contributed by atoms with Crippen LogP contribution in [-0.4, -0.2) is 18.2 Å². The number of hydrogen-bond acceptors (Lipinski definition) is 6. The van der Waals surface area contributed by atoms with Crippen molar-refractivity contribution in [3.05, 3.63) is 118 Å². The van der Waals surface area contributed by atoms with Crippen molar-refractivity contribution in [2.24, 2.45) is 10.7 Å². The SMILES string of the molecule is CCOc1ccc([C@@H]2C(C#N)=C3N=C(N)c4ccccc4N3C3=C2C(=O)C[C@H](c2ccccc2)C3)cc1. The molecule has 0 aromatic heterocycles. The lowest BCUT2D eigenvalue weighted by molar-refractivity contribution is -0.116. The van der Waals surface area contributed by atoms with Gasteiger partial charge in [0.2, 0.25) is 0 Å². The molecule has 6 rings (SSSR count). The van der Waals surface area contributed by atoms with Crippen molar-refractivity contribution in [3.63, 3.8) is 0 Å². The van der Waals surface area contributed by atoms with Crippen molar-refractivity contribution in [2.75, 3.05) is 11.5 Å². The lowest BCUT2D eigenvalue weighted by atomic mass is 9.71. The zero-order chi connectivity index (χ0) is 25.5. The van der Waals surface area contributed by atoms with Gasteiger partial charge < -0.3 is 10.5 Å². The number of ether oxygens (including phenoxy) is 1. The molecule has 6 heteroatoms. The van der Waals surface area contributed by atoms with E-state index in [9.17, 15) is 10.1 Å². The molecule has 0 bridgehead atoms. The predicted molar refractivity (Wildman–Crippen MR) is 143 cm³/mol. The van der Waals surface area contributed by atoms with Crippen molar-refractivity contribution < 1.29 is 9.53 Å². The average molecular weight is 487 g/mol. The lowest BCUT2D eigenvalue weighted by Gasteiger charge is -2.43. The minimum Gasteiger partial charge on any atom is -0.494 e. The molecule has 0 unspecified atom stereocenters. The topological polar surface area (TPSA) is 91.7 Å². The quantitative estimate of drug-likeness (QED) is 0.522. The number of benzene rings is 3. The molecule has 0 radical (unpaired) electrons. The number of allylic oxidation sites excluding steroid dienone is 3. The smallest absolute Gasteiger partial charge is 0.162 e. The number of carbonyl (C=O) groups excluding carboxylic acids is 1.